The van der Waals surface area contributed by atoms with Crippen LogP contribution in [0.1, 0.15) is 37.7 Å². The zero-order valence-corrected chi connectivity index (χ0v) is 22.1. The maximum atomic E-state index is 10.6. The van der Waals surface area contributed by atoms with Crippen molar-refractivity contribution in [2.45, 2.75) is 62.6 Å². The number of ether oxygens (including phenoxy) is 2. The van der Waals surface area contributed by atoms with Gasteiger partial charge in [-0.05, 0) is 50.8 Å². The molecule has 0 aliphatic carbocycles. The lowest BCUT2D eigenvalue weighted by molar-refractivity contribution is -0.193. The Bertz CT molecular complexity index is 877. The van der Waals surface area contributed by atoms with Crippen LogP contribution in [0.25, 0.3) is 0 Å². The first kappa shape index (κ1) is 33.8. The molecule has 3 heterocycles. The molecule has 228 valence electrons. The molecule has 3 saturated heterocycles. The number of halogens is 6. The Hall–Kier alpha value is -2.42. The summed E-state index contributed by atoms with van der Waals surface area (Å²) in [4.78, 5) is 22.9. The number of hydrogen-bond acceptors (Lipinski definition) is 6. The molecular formula is C26H36F6N2O6. The van der Waals surface area contributed by atoms with Crippen molar-refractivity contribution in [3.63, 3.8) is 0 Å². The van der Waals surface area contributed by atoms with Crippen LogP contribution in [-0.4, -0.2) is 108 Å². The van der Waals surface area contributed by atoms with Gasteiger partial charge in [-0.1, -0.05) is 30.3 Å². The number of carboxylic acids is 2. The van der Waals surface area contributed by atoms with E-state index in [0.29, 0.717) is 6.10 Å². The Labute approximate surface area is 228 Å². The molecule has 1 spiro atoms. The fourth-order valence-corrected chi connectivity index (χ4v) is 4.73. The number of rotatable bonds is 7. The zero-order chi connectivity index (χ0) is 29.8. The summed E-state index contributed by atoms with van der Waals surface area (Å²) in [5.41, 5.74) is 1.54. The monoisotopic (exact) mass is 586 g/mol. The summed E-state index contributed by atoms with van der Waals surface area (Å²) in [5.74, 6) is -5.51. The highest BCUT2D eigenvalue weighted by Crippen LogP contribution is 2.37. The molecule has 0 bridgehead atoms. The van der Waals surface area contributed by atoms with E-state index < -0.39 is 24.3 Å². The molecule has 3 fully saturated rings. The minimum atomic E-state index is -5.08. The first-order valence-electron chi connectivity index (χ1n) is 13.0. The lowest BCUT2D eigenvalue weighted by atomic mass is 9.88. The van der Waals surface area contributed by atoms with Gasteiger partial charge in [-0.3, -0.25) is 0 Å². The van der Waals surface area contributed by atoms with Gasteiger partial charge in [0.25, 0.3) is 0 Å². The zero-order valence-electron chi connectivity index (χ0n) is 22.1. The van der Waals surface area contributed by atoms with Crippen molar-refractivity contribution in [2.75, 3.05) is 52.5 Å². The van der Waals surface area contributed by atoms with Gasteiger partial charge in [0.05, 0.1) is 24.9 Å². The molecule has 40 heavy (non-hydrogen) atoms. The van der Waals surface area contributed by atoms with E-state index in [4.69, 9.17) is 29.3 Å². The molecule has 0 amide bonds. The summed E-state index contributed by atoms with van der Waals surface area (Å²) >= 11 is 0. The van der Waals surface area contributed by atoms with Crippen LogP contribution in [0.4, 0.5) is 26.3 Å². The summed E-state index contributed by atoms with van der Waals surface area (Å²) < 4.78 is 75.9. The van der Waals surface area contributed by atoms with Crippen LogP contribution in [0, 0.1) is 0 Å². The largest absolute Gasteiger partial charge is 0.490 e. The van der Waals surface area contributed by atoms with Crippen LogP contribution >= 0.6 is 0 Å². The Morgan fingerprint density at radius 1 is 0.875 bits per heavy atom. The highest BCUT2D eigenvalue weighted by atomic mass is 19.4. The van der Waals surface area contributed by atoms with Crippen molar-refractivity contribution in [3.8, 4) is 0 Å². The molecule has 4 rings (SSSR count). The van der Waals surface area contributed by atoms with Crippen LogP contribution in [0.3, 0.4) is 0 Å². The molecule has 2 N–H and O–H groups in total. The number of hydrogen-bond donors (Lipinski definition) is 2. The molecular weight excluding hydrogens is 550 g/mol. The molecule has 1 aromatic carbocycles. The van der Waals surface area contributed by atoms with Crippen LogP contribution in [0.2, 0.25) is 0 Å². The maximum Gasteiger partial charge on any atom is 0.490 e. The van der Waals surface area contributed by atoms with E-state index in [1.165, 1.54) is 31.5 Å². The second kappa shape index (κ2) is 15.5. The lowest BCUT2D eigenvalue weighted by Crippen LogP contribution is -2.44. The Balaban J connectivity index is 0.000000333. The SMILES string of the molecule is O=C(O)C(F)(F)F.O=C(O)C(F)(F)F.c1ccc(CCN2CCC3(CC2)CC(OCCN2CCCC2)CO3)cc1. The Morgan fingerprint density at radius 3 is 1.88 bits per heavy atom. The number of carboxylic acid groups (broad SMARTS) is 2. The van der Waals surface area contributed by atoms with Crippen molar-refractivity contribution in [1.29, 1.82) is 0 Å². The predicted molar refractivity (Wildman–Crippen MR) is 132 cm³/mol. The van der Waals surface area contributed by atoms with E-state index in [2.05, 4.69) is 40.1 Å². The van der Waals surface area contributed by atoms with E-state index in [1.807, 2.05) is 0 Å². The van der Waals surface area contributed by atoms with Gasteiger partial charge in [-0.15, -0.1) is 0 Å². The number of nitrogens with zero attached hydrogens (tertiary/aromatic N) is 2. The molecule has 0 aromatic heterocycles. The highest BCUT2D eigenvalue weighted by molar-refractivity contribution is 5.73. The third-order valence-corrected chi connectivity index (χ3v) is 6.95. The Kier molecular flexibility index (Phi) is 13.1. The topological polar surface area (TPSA) is 99.5 Å². The second-order valence-corrected chi connectivity index (χ2v) is 9.92. The standard InChI is InChI=1S/C22H34N2O2.2C2HF3O2/c1-2-6-20(7-3-1)8-13-24-14-9-22(10-15-24)18-21(19-26-22)25-17-16-23-11-4-5-12-23;2*3-2(4,5)1(6)7/h1-3,6-7,21H,4-5,8-19H2;2*(H,6,7). The molecule has 0 saturated carbocycles. The van der Waals surface area contributed by atoms with Crippen molar-refractivity contribution in [3.05, 3.63) is 35.9 Å². The number of likely N-dealkylation sites (tertiary alicyclic amines) is 2. The van der Waals surface area contributed by atoms with Gasteiger partial charge >= 0.3 is 24.3 Å². The van der Waals surface area contributed by atoms with Crippen molar-refractivity contribution in [1.82, 2.24) is 9.80 Å². The smallest absolute Gasteiger partial charge is 0.475 e. The molecule has 1 aromatic rings. The van der Waals surface area contributed by atoms with Crippen LogP contribution in [0.5, 0.6) is 0 Å². The summed E-state index contributed by atoms with van der Waals surface area (Å²) in [6, 6.07) is 10.8. The normalized spacial score (nSPS) is 21.3. The number of carbonyl (C=O) groups is 2. The number of piperidine rings is 1. The second-order valence-electron chi connectivity index (χ2n) is 9.92. The first-order valence-corrected chi connectivity index (χ1v) is 13.0. The molecule has 8 nitrogen and oxygen atoms in total. The quantitative estimate of drug-likeness (QED) is 0.458. The summed E-state index contributed by atoms with van der Waals surface area (Å²) in [5, 5.41) is 14.2. The number of benzene rings is 1. The third-order valence-electron chi connectivity index (χ3n) is 6.95. The summed E-state index contributed by atoms with van der Waals surface area (Å²) in [6.07, 6.45) is -2.57. The molecule has 0 radical (unpaired) electrons. The minimum Gasteiger partial charge on any atom is -0.475 e. The molecule has 1 atom stereocenters. The lowest BCUT2D eigenvalue weighted by Gasteiger charge is -2.38. The van der Waals surface area contributed by atoms with Crippen LogP contribution < -0.4 is 0 Å². The highest BCUT2D eigenvalue weighted by Gasteiger charge is 2.43. The van der Waals surface area contributed by atoms with Crippen LogP contribution in [-0.2, 0) is 25.5 Å². The van der Waals surface area contributed by atoms with E-state index in [9.17, 15) is 26.3 Å². The predicted octanol–water partition coefficient (Wildman–Crippen LogP) is 4.23. The van der Waals surface area contributed by atoms with Crippen molar-refractivity contribution >= 4 is 11.9 Å². The van der Waals surface area contributed by atoms with Gasteiger partial charge in [-0.2, -0.15) is 26.3 Å². The van der Waals surface area contributed by atoms with Crippen LogP contribution in [0.15, 0.2) is 30.3 Å². The molecule has 1 unspecified atom stereocenters. The van der Waals surface area contributed by atoms with E-state index in [-0.39, 0.29) is 5.60 Å². The van der Waals surface area contributed by atoms with Gasteiger partial charge in [0.15, 0.2) is 0 Å². The summed E-state index contributed by atoms with van der Waals surface area (Å²) in [6.45, 7) is 8.76. The third kappa shape index (κ3) is 12.4. The summed E-state index contributed by atoms with van der Waals surface area (Å²) in [7, 11) is 0. The first-order chi connectivity index (χ1) is 18.7. The number of aliphatic carboxylic acids is 2. The average molecular weight is 587 g/mol. The van der Waals surface area contributed by atoms with E-state index in [0.717, 1.165) is 65.1 Å². The van der Waals surface area contributed by atoms with E-state index in [1.54, 1.807) is 0 Å². The minimum absolute atomic E-state index is 0.0988. The van der Waals surface area contributed by atoms with Gasteiger partial charge in [0.1, 0.15) is 0 Å². The van der Waals surface area contributed by atoms with Gasteiger partial charge in [0.2, 0.25) is 0 Å². The molecule has 3 aliphatic rings. The fraction of sp³-hybridized carbons (Fsp3) is 0.692. The Morgan fingerprint density at radius 2 is 1.38 bits per heavy atom. The molecule has 14 heteroatoms. The molecule has 3 aliphatic heterocycles. The van der Waals surface area contributed by atoms with Gasteiger partial charge in [-0.25, -0.2) is 9.59 Å². The van der Waals surface area contributed by atoms with Crippen molar-refractivity contribution < 1.29 is 55.6 Å². The van der Waals surface area contributed by atoms with Gasteiger partial charge < -0.3 is 29.5 Å². The number of alkyl halides is 6. The average Bonchev–Trinajstić information content (AvgIpc) is 3.55. The van der Waals surface area contributed by atoms with E-state index >= 15 is 0 Å². The fourth-order valence-electron chi connectivity index (χ4n) is 4.73. The van der Waals surface area contributed by atoms with Gasteiger partial charge in [0, 0.05) is 32.6 Å². The maximum absolute atomic E-state index is 10.6. The van der Waals surface area contributed by atoms with Crippen molar-refractivity contribution in [2.24, 2.45) is 0 Å².